The van der Waals surface area contributed by atoms with Crippen LogP contribution >= 0.6 is 44.3 Å². The first-order valence-corrected chi connectivity index (χ1v) is 6.50. The van der Waals surface area contributed by atoms with Crippen LogP contribution in [0.2, 0.25) is 0 Å². The maximum Gasteiger partial charge on any atom is 0.0507 e. The van der Waals surface area contributed by atoms with Crippen LogP contribution in [0, 0.1) is 5.92 Å². The van der Waals surface area contributed by atoms with Crippen LogP contribution < -0.4 is 11.5 Å². The van der Waals surface area contributed by atoms with Gasteiger partial charge in [0.2, 0.25) is 0 Å². The Morgan fingerprint density at radius 2 is 1.81 bits per heavy atom. The van der Waals surface area contributed by atoms with Gasteiger partial charge >= 0.3 is 0 Å². The van der Waals surface area contributed by atoms with E-state index in [1.165, 1.54) is 0 Å². The van der Waals surface area contributed by atoms with Crippen molar-refractivity contribution in [2.75, 3.05) is 5.73 Å². The van der Waals surface area contributed by atoms with Gasteiger partial charge in [0.05, 0.1) is 5.69 Å². The van der Waals surface area contributed by atoms with Crippen LogP contribution in [0.3, 0.4) is 0 Å². The first-order valence-electron chi connectivity index (χ1n) is 4.91. The standard InChI is InChI=1S/C11H16Br2N2.ClH/c1-6(2)3-10(14)8-4-7(12)5-9(13)11(8)15;/h4-6,10H,3,14-15H2,1-2H3;1H/t10-;/m1./s1. The van der Waals surface area contributed by atoms with Crippen molar-refractivity contribution in [3.8, 4) is 0 Å². The summed E-state index contributed by atoms with van der Waals surface area (Å²) in [6, 6.07) is 3.92. The van der Waals surface area contributed by atoms with Crippen LogP contribution in [0.25, 0.3) is 0 Å². The molecule has 1 aromatic carbocycles. The molecule has 0 radical (unpaired) electrons. The third kappa shape index (κ3) is 4.24. The van der Waals surface area contributed by atoms with Gasteiger partial charge in [0.15, 0.2) is 0 Å². The minimum Gasteiger partial charge on any atom is -0.398 e. The summed E-state index contributed by atoms with van der Waals surface area (Å²) >= 11 is 6.86. The van der Waals surface area contributed by atoms with Crippen LogP contribution in [-0.2, 0) is 0 Å². The Hall–Kier alpha value is 0.230. The van der Waals surface area contributed by atoms with Gasteiger partial charge in [-0.3, -0.25) is 0 Å². The van der Waals surface area contributed by atoms with E-state index in [1.54, 1.807) is 0 Å². The predicted molar refractivity (Wildman–Crippen MR) is 79.9 cm³/mol. The molecule has 0 unspecified atom stereocenters. The van der Waals surface area contributed by atoms with Crippen molar-refractivity contribution in [2.45, 2.75) is 26.3 Å². The highest BCUT2D eigenvalue weighted by molar-refractivity contribution is 9.11. The number of nitrogens with two attached hydrogens (primary N) is 2. The molecule has 0 amide bonds. The van der Waals surface area contributed by atoms with E-state index < -0.39 is 0 Å². The van der Waals surface area contributed by atoms with E-state index in [0.29, 0.717) is 5.92 Å². The topological polar surface area (TPSA) is 52.0 Å². The predicted octanol–water partition coefficient (Wildman–Crippen LogP) is 4.26. The fourth-order valence-electron chi connectivity index (χ4n) is 1.55. The number of hydrogen-bond donors (Lipinski definition) is 2. The van der Waals surface area contributed by atoms with E-state index >= 15 is 0 Å². The first kappa shape index (κ1) is 16.2. The number of anilines is 1. The molecule has 0 saturated carbocycles. The van der Waals surface area contributed by atoms with Crippen molar-refractivity contribution in [1.29, 1.82) is 0 Å². The molecule has 1 rings (SSSR count). The average molecular weight is 373 g/mol. The molecule has 0 aliphatic heterocycles. The van der Waals surface area contributed by atoms with Gasteiger partial charge in [-0.05, 0) is 46.0 Å². The van der Waals surface area contributed by atoms with Crippen LogP contribution in [-0.4, -0.2) is 0 Å². The molecule has 0 aliphatic carbocycles. The second-order valence-corrected chi connectivity index (χ2v) is 5.90. The average Bonchev–Trinajstić information content (AvgIpc) is 2.09. The second kappa shape index (κ2) is 6.84. The fourth-order valence-corrected chi connectivity index (χ4v) is 2.80. The monoisotopic (exact) mass is 370 g/mol. The van der Waals surface area contributed by atoms with Gasteiger partial charge < -0.3 is 11.5 Å². The largest absolute Gasteiger partial charge is 0.398 e. The maximum atomic E-state index is 6.11. The van der Waals surface area contributed by atoms with Crippen molar-refractivity contribution < 1.29 is 0 Å². The van der Waals surface area contributed by atoms with Crippen LogP contribution in [0.5, 0.6) is 0 Å². The molecular formula is C11H17Br2ClN2. The number of rotatable bonds is 3. The van der Waals surface area contributed by atoms with E-state index in [2.05, 4.69) is 45.7 Å². The number of nitrogen functional groups attached to an aromatic ring is 1. The quantitative estimate of drug-likeness (QED) is 0.779. The van der Waals surface area contributed by atoms with Gasteiger partial charge in [-0.1, -0.05) is 29.8 Å². The molecule has 0 heterocycles. The highest BCUT2D eigenvalue weighted by atomic mass is 79.9. The molecule has 4 N–H and O–H groups in total. The van der Waals surface area contributed by atoms with E-state index in [-0.39, 0.29) is 18.4 Å². The number of benzene rings is 1. The SMILES string of the molecule is CC(C)C[C@@H](N)c1cc(Br)cc(Br)c1N.Cl. The van der Waals surface area contributed by atoms with Gasteiger partial charge in [0.25, 0.3) is 0 Å². The van der Waals surface area contributed by atoms with E-state index in [1.807, 2.05) is 12.1 Å². The molecule has 0 saturated heterocycles. The lowest BCUT2D eigenvalue weighted by molar-refractivity contribution is 0.510. The molecular weight excluding hydrogens is 355 g/mol. The van der Waals surface area contributed by atoms with Gasteiger partial charge in [0.1, 0.15) is 0 Å². The Morgan fingerprint density at radius 3 is 2.31 bits per heavy atom. The Morgan fingerprint density at radius 1 is 1.25 bits per heavy atom. The van der Waals surface area contributed by atoms with E-state index in [4.69, 9.17) is 11.5 Å². The molecule has 1 atom stereocenters. The number of halogens is 3. The highest BCUT2D eigenvalue weighted by Crippen LogP contribution is 2.33. The second-order valence-electron chi connectivity index (χ2n) is 4.13. The van der Waals surface area contributed by atoms with Crippen molar-refractivity contribution in [2.24, 2.45) is 11.7 Å². The highest BCUT2D eigenvalue weighted by Gasteiger charge is 2.14. The lowest BCUT2D eigenvalue weighted by atomic mass is 9.97. The van der Waals surface area contributed by atoms with Crippen LogP contribution in [0.1, 0.15) is 31.9 Å². The smallest absolute Gasteiger partial charge is 0.0507 e. The third-order valence-electron chi connectivity index (χ3n) is 2.25. The van der Waals surface area contributed by atoms with Crippen molar-refractivity contribution in [1.82, 2.24) is 0 Å². The summed E-state index contributed by atoms with van der Waals surface area (Å²) in [5, 5.41) is 0. The Bertz CT molecular complexity index is 356. The summed E-state index contributed by atoms with van der Waals surface area (Å²) in [6.07, 6.45) is 0.938. The van der Waals surface area contributed by atoms with Crippen molar-refractivity contribution in [3.63, 3.8) is 0 Å². The minimum atomic E-state index is -0.00111. The first-order chi connectivity index (χ1) is 6.91. The van der Waals surface area contributed by atoms with E-state index in [0.717, 1.165) is 26.6 Å². The molecule has 0 spiro atoms. The molecule has 1 aromatic rings. The zero-order chi connectivity index (χ0) is 11.6. The third-order valence-corrected chi connectivity index (χ3v) is 3.37. The van der Waals surface area contributed by atoms with Gasteiger partial charge in [0, 0.05) is 15.0 Å². The summed E-state index contributed by atoms with van der Waals surface area (Å²) in [6.45, 7) is 4.31. The molecule has 0 aromatic heterocycles. The van der Waals surface area contributed by atoms with Crippen molar-refractivity contribution in [3.05, 3.63) is 26.6 Å². The molecule has 5 heteroatoms. The maximum absolute atomic E-state index is 6.11. The molecule has 92 valence electrons. The minimum absolute atomic E-state index is 0. The summed E-state index contributed by atoms with van der Waals surface area (Å²) in [5.74, 6) is 0.567. The fraction of sp³-hybridized carbons (Fsp3) is 0.455. The normalized spacial score (nSPS) is 12.4. The Labute approximate surface area is 120 Å². The lowest BCUT2D eigenvalue weighted by Gasteiger charge is -2.17. The van der Waals surface area contributed by atoms with Gasteiger partial charge in [-0.15, -0.1) is 12.4 Å². The summed E-state index contributed by atoms with van der Waals surface area (Å²) in [7, 11) is 0. The molecule has 2 nitrogen and oxygen atoms in total. The zero-order valence-corrected chi connectivity index (χ0v) is 13.3. The lowest BCUT2D eigenvalue weighted by Crippen LogP contribution is -2.15. The van der Waals surface area contributed by atoms with Crippen LogP contribution in [0.4, 0.5) is 5.69 Å². The molecule has 0 aliphatic rings. The van der Waals surface area contributed by atoms with Crippen molar-refractivity contribution >= 4 is 50.0 Å². The summed E-state index contributed by atoms with van der Waals surface area (Å²) < 4.78 is 1.89. The molecule has 0 bridgehead atoms. The van der Waals surface area contributed by atoms with Gasteiger partial charge in [-0.25, -0.2) is 0 Å². The van der Waals surface area contributed by atoms with Gasteiger partial charge in [-0.2, -0.15) is 0 Å². The zero-order valence-electron chi connectivity index (χ0n) is 9.34. The van der Waals surface area contributed by atoms with Crippen LogP contribution in [0.15, 0.2) is 21.1 Å². The van der Waals surface area contributed by atoms with E-state index in [9.17, 15) is 0 Å². The molecule has 0 fully saturated rings. The molecule has 16 heavy (non-hydrogen) atoms. The Balaban J connectivity index is 0.00000225. The summed E-state index contributed by atoms with van der Waals surface area (Å²) in [5.41, 5.74) is 13.8. The number of hydrogen-bond acceptors (Lipinski definition) is 2. The Kier molecular flexibility index (Phi) is 6.94. The summed E-state index contributed by atoms with van der Waals surface area (Å²) in [4.78, 5) is 0.